The highest BCUT2D eigenvalue weighted by molar-refractivity contribution is 5.94. The first-order valence-corrected chi connectivity index (χ1v) is 13.2. The molecule has 4 aromatic heterocycles. The maximum atomic E-state index is 13.9. The number of amides is 1. The number of carbonyl (C=O) groups is 1. The van der Waals surface area contributed by atoms with Crippen molar-refractivity contribution >= 4 is 22.5 Å². The number of nitrogens with zero attached hydrogens (tertiary/aromatic N) is 6. The molecule has 0 bridgehead atoms. The second kappa shape index (κ2) is 11.2. The predicted octanol–water partition coefficient (Wildman–Crippen LogP) is 3.77. The molecule has 1 amide bonds. The molecule has 6 aromatic rings. The summed E-state index contributed by atoms with van der Waals surface area (Å²) in [6, 6.07) is 18.7. The molecule has 6 rings (SSSR count). The van der Waals surface area contributed by atoms with Gasteiger partial charge in [0, 0.05) is 23.3 Å². The van der Waals surface area contributed by atoms with E-state index >= 15 is 0 Å². The number of H-pyrrole nitrogens is 1. The second-order valence-corrected chi connectivity index (χ2v) is 9.78. The van der Waals surface area contributed by atoms with Crippen LogP contribution in [0.4, 0.5) is 10.1 Å². The number of tetrazole rings is 1. The van der Waals surface area contributed by atoms with Crippen molar-refractivity contribution in [3.63, 3.8) is 0 Å². The minimum atomic E-state index is -0.491. The van der Waals surface area contributed by atoms with E-state index in [4.69, 9.17) is 0 Å². The van der Waals surface area contributed by atoms with Gasteiger partial charge in [-0.2, -0.15) is 5.21 Å². The van der Waals surface area contributed by atoms with Gasteiger partial charge in [-0.3, -0.25) is 14.6 Å². The summed E-state index contributed by atoms with van der Waals surface area (Å²) in [7, 11) is 1.67. The molecule has 210 valence electrons. The maximum Gasteiger partial charge on any atom is 0.275 e. The number of rotatable bonds is 8. The van der Waals surface area contributed by atoms with Gasteiger partial charge in [-0.25, -0.2) is 4.39 Å². The Morgan fingerprint density at radius 1 is 1.05 bits per heavy atom. The van der Waals surface area contributed by atoms with Crippen molar-refractivity contribution in [1.29, 1.82) is 0 Å². The van der Waals surface area contributed by atoms with Crippen LogP contribution in [0.15, 0.2) is 90.1 Å². The van der Waals surface area contributed by atoms with Crippen LogP contribution in [0.1, 0.15) is 12.5 Å². The molecule has 1 atom stereocenters. The van der Waals surface area contributed by atoms with E-state index in [1.54, 1.807) is 49.1 Å². The van der Waals surface area contributed by atoms with Crippen LogP contribution in [0.25, 0.3) is 39.2 Å². The van der Waals surface area contributed by atoms with Gasteiger partial charge in [-0.05, 0) is 78.8 Å². The maximum absolute atomic E-state index is 13.9. The Morgan fingerprint density at radius 2 is 1.90 bits per heavy atom. The Labute approximate surface area is 239 Å². The number of carbonyl (C=O) groups excluding carboxylic acids is 1. The highest BCUT2D eigenvalue weighted by Crippen LogP contribution is 2.26. The lowest BCUT2D eigenvalue weighted by molar-refractivity contribution is -0.117. The van der Waals surface area contributed by atoms with Gasteiger partial charge in [-0.1, -0.05) is 18.2 Å². The van der Waals surface area contributed by atoms with E-state index in [2.05, 4.69) is 36.2 Å². The van der Waals surface area contributed by atoms with E-state index in [1.807, 2.05) is 47.2 Å². The molecule has 0 aliphatic heterocycles. The normalized spacial score (nSPS) is 12.0. The van der Waals surface area contributed by atoms with E-state index in [0.717, 1.165) is 33.3 Å². The smallest absolute Gasteiger partial charge is 0.275 e. The highest BCUT2D eigenvalue weighted by atomic mass is 19.1. The summed E-state index contributed by atoms with van der Waals surface area (Å²) in [6.45, 7) is 1.88. The molecule has 42 heavy (non-hydrogen) atoms. The zero-order chi connectivity index (χ0) is 29.2. The van der Waals surface area contributed by atoms with Gasteiger partial charge in [0.25, 0.3) is 5.56 Å². The van der Waals surface area contributed by atoms with Crippen LogP contribution in [-0.2, 0) is 11.3 Å². The summed E-state index contributed by atoms with van der Waals surface area (Å²) in [5.74, 6) is -0.211. The third-order valence-corrected chi connectivity index (χ3v) is 7.07. The first-order chi connectivity index (χ1) is 20.4. The number of hydrogen-bond donors (Lipinski definition) is 3. The van der Waals surface area contributed by atoms with Crippen molar-refractivity contribution < 1.29 is 9.18 Å². The summed E-state index contributed by atoms with van der Waals surface area (Å²) in [6.07, 6.45) is 5.25. The quantitative estimate of drug-likeness (QED) is 0.257. The fraction of sp³-hybridized carbons (Fsp3) is 0.133. The van der Waals surface area contributed by atoms with Crippen molar-refractivity contribution in [2.24, 2.45) is 0 Å². The average molecular weight is 564 g/mol. The van der Waals surface area contributed by atoms with Crippen molar-refractivity contribution in [3.8, 4) is 28.3 Å². The van der Waals surface area contributed by atoms with E-state index < -0.39 is 6.04 Å². The summed E-state index contributed by atoms with van der Waals surface area (Å²) < 4.78 is 17.3. The molecule has 2 aromatic carbocycles. The molecule has 11 nitrogen and oxygen atoms in total. The highest BCUT2D eigenvalue weighted by Gasteiger charge is 2.17. The van der Waals surface area contributed by atoms with Gasteiger partial charge in [0.15, 0.2) is 0 Å². The molecule has 0 saturated carbocycles. The zero-order valence-electron chi connectivity index (χ0n) is 22.7. The van der Waals surface area contributed by atoms with Gasteiger partial charge in [0.05, 0.1) is 35.7 Å². The second-order valence-electron chi connectivity index (χ2n) is 9.78. The topological polar surface area (TPSA) is 135 Å². The Bertz CT molecular complexity index is 1960. The lowest BCUT2D eigenvalue weighted by Crippen LogP contribution is -2.37. The van der Waals surface area contributed by atoms with Crippen molar-refractivity contribution in [1.82, 2.24) is 40.1 Å². The SMILES string of the molecule is CN[C@@H](C)C(=O)Nc1ccc(-c2cccc(-c3nn[nH]n3)c2)n(Cc2cncc(-n3ccc4cc(F)ccc43)c2)c1=O. The summed E-state index contributed by atoms with van der Waals surface area (Å²) in [4.78, 5) is 30.9. The number of nitrogens with one attached hydrogen (secondary N) is 3. The monoisotopic (exact) mass is 563 g/mol. The van der Waals surface area contributed by atoms with Gasteiger partial charge in [-0.15, -0.1) is 10.2 Å². The lowest BCUT2D eigenvalue weighted by Gasteiger charge is -2.17. The molecule has 4 heterocycles. The van der Waals surface area contributed by atoms with Crippen LogP contribution in [0, 0.1) is 5.82 Å². The number of anilines is 1. The standard InChI is InChI=1S/C30H26FN9O2/c1-18(32-2)29(41)34-25-7-9-27(20-4-3-5-22(13-20)28-35-37-38-36-28)40(30(25)42)17-19-12-24(16-33-15-19)39-11-10-21-14-23(31)6-8-26(21)39/h3-16,18,32H,17H2,1-2H3,(H,34,41)(H,35,36,37,38)/t18-/m0/s1. The van der Waals surface area contributed by atoms with Crippen molar-refractivity contribution in [2.75, 3.05) is 12.4 Å². The molecular formula is C30H26FN9O2. The first kappa shape index (κ1) is 26.7. The van der Waals surface area contributed by atoms with Crippen molar-refractivity contribution in [2.45, 2.75) is 19.5 Å². The van der Waals surface area contributed by atoms with Gasteiger partial charge < -0.3 is 19.8 Å². The minimum Gasteiger partial charge on any atom is -0.320 e. The molecule has 0 unspecified atom stereocenters. The molecule has 12 heteroatoms. The third kappa shape index (κ3) is 5.18. The number of aromatic nitrogens is 7. The Morgan fingerprint density at radius 3 is 2.71 bits per heavy atom. The molecule has 3 N–H and O–H groups in total. The number of halogens is 1. The molecular weight excluding hydrogens is 537 g/mol. The van der Waals surface area contributed by atoms with Crippen LogP contribution in [0.3, 0.4) is 0 Å². The summed E-state index contributed by atoms with van der Waals surface area (Å²) in [5, 5.41) is 20.6. The number of pyridine rings is 2. The molecule has 0 fully saturated rings. The summed E-state index contributed by atoms with van der Waals surface area (Å²) in [5.41, 5.74) is 4.21. The predicted molar refractivity (Wildman–Crippen MR) is 157 cm³/mol. The average Bonchev–Trinajstić information content (AvgIpc) is 3.69. The van der Waals surface area contributed by atoms with Crippen LogP contribution in [-0.4, -0.2) is 53.7 Å². The molecule has 0 saturated heterocycles. The van der Waals surface area contributed by atoms with Crippen LogP contribution < -0.4 is 16.2 Å². The van der Waals surface area contributed by atoms with Crippen LogP contribution in [0.5, 0.6) is 0 Å². The fourth-order valence-electron chi connectivity index (χ4n) is 4.77. The molecule has 0 aliphatic carbocycles. The zero-order valence-corrected chi connectivity index (χ0v) is 22.7. The Hall–Kier alpha value is -5.49. The Balaban J connectivity index is 1.43. The van der Waals surface area contributed by atoms with Crippen molar-refractivity contribution in [3.05, 3.63) is 107 Å². The van der Waals surface area contributed by atoms with Gasteiger partial charge >= 0.3 is 0 Å². The number of aromatic amines is 1. The third-order valence-electron chi connectivity index (χ3n) is 7.07. The van der Waals surface area contributed by atoms with E-state index in [0.29, 0.717) is 11.5 Å². The van der Waals surface area contributed by atoms with Crippen LogP contribution in [0.2, 0.25) is 0 Å². The van der Waals surface area contributed by atoms with E-state index in [-0.39, 0.29) is 29.5 Å². The molecule has 0 aliphatic rings. The number of fused-ring (bicyclic) bond motifs is 1. The molecule has 0 spiro atoms. The first-order valence-electron chi connectivity index (χ1n) is 13.2. The fourth-order valence-corrected chi connectivity index (χ4v) is 4.77. The number of hydrogen-bond acceptors (Lipinski definition) is 7. The van der Waals surface area contributed by atoms with Gasteiger partial charge in [0.2, 0.25) is 11.7 Å². The lowest BCUT2D eigenvalue weighted by atomic mass is 10.1. The Kier molecular flexibility index (Phi) is 7.11. The largest absolute Gasteiger partial charge is 0.320 e. The minimum absolute atomic E-state index is 0.155. The molecule has 0 radical (unpaired) electrons. The van der Waals surface area contributed by atoms with Gasteiger partial charge in [0.1, 0.15) is 11.5 Å². The van der Waals surface area contributed by atoms with E-state index in [9.17, 15) is 14.0 Å². The van der Waals surface area contributed by atoms with Crippen LogP contribution >= 0.6 is 0 Å². The van der Waals surface area contributed by atoms with E-state index in [1.165, 1.54) is 12.1 Å². The number of benzene rings is 2. The summed E-state index contributed by atoms with van der Waals surface area (Å²) >= 11 is 0. The number of likely N-dealkylation sites (N-methyl/N-ethyl adjacent to an activating group) is 1.